The van der Waals surface area contributed by atoms with E-state index in [0.29, 0.717) is 11.1 Å². The van der Waals surface area contributed by atoms with Crippen LogP contribution in [0.5, 0.6) is 0 Å². The third-order valence-electron chi connectivity index (χ3n) is 1.95. The fraction of sp³-hybridized carbons (Fsp3) is 0.182. The summed E-state index contributed by atoms with van der Waals surface area (Å²) in [5, 5.41) is 2.00. The van der Waals surface area contributed by atoms with Crippen LogP contribution in [0, 0.1) is 0 Å². The Hall–Kier alpha value is -1.49. The molecule has 0 fully saturated rings. The standard InChI is InChI=1S/C11H9ClF3NO/c1-6(2)9-7(12)4-3-5-8(9)16-10(17)11(13,14)15/h3-5H,1H2,2H3,(H,16,17). The number of rotatable bonds is 2. The average molecular weight is 264 g/mol. The number of carbonyl (C=O) groups is 1. The smallest absolute Gasteiger partial charge is 0.318 e. The van der Waals surface area contributed by atoms with Crippen molar-refractivity contribution in [3.63, 3.8) is 0 Å². The lowest BCUT2D eigenvalue weighted by Crippen LogP contribution is -2.30. The van der Waals surface area contributed by atoms with Gasteiger partial charge in [0.2, 0.25) is 0 Å². The van der Waals surface area contributed by atoms with Crippen molar-refractivity contribution >= 4 is 28.8 Å². The number of carbonyl (C=O) groups excluding carboxylic acids is 1. The van der Waals surface area contributed by atoms with Gasteiger partial charge >= 0.3 is 12.1 Å². The molecular weight excluding hydrogens is 255 g/mol. The molecule has 17 heavy (non-hydrogen) atoms. The van der Waals surface area contributed by atoms with Crippen LogP contribution < -0.4 is 5.32 Å². The molecule has 2 nitrogen and oxygen atoms in total. The maximum absolute atomic E-state index is 12.1. The predicted octanol–water partition coefficient (Wildman–Crippen LogP) is 3.87. The van der Waals surface area contributed by atoms with Crippen LogP contribution in [0.25, 0.3) is 5.57 Å². The van der Waals surface area contributed by atoms with Gasteiger partial charge in [0.25, 0.3) is 0 Å². The van der Waals surface area contributed by atoms with Gasteiger partial charge < -0.3 is 5.32 Å². The van der Waals surface area contributed by atoms with Crippen LogP contribution in [0.2, 0.25) is 5.02 Å². The summed E-state index contributed by atoms with van der Waals surface area (Å²) in [4.78, 5) is 10.8. The number of halogens is 4. The molecule has 0 aliphatic rings. The molecule has 0 spiro atoms. The Morgan fingerprint density at radius 3 is 2.47 bits per heavy atom. The summed E-state index contributed by atoms with van der Waals surface area (Å²) in [6, 6.07) is 4.29. The summed E-state index contributed by atoms with van der Waals surface area (Å²) in [7, 11) is 0. The molecule has 0 aliphatic heterocycles. The van der Waals surface area contributed by atoms with Crippen LogP contribution in [0.15, 0.2) is 24.8 Å². The lowest BCUT2D eigenvalue weighted by Gasteiger charge is -2.13. The van der Waals surface area contributed by atoms with Crippen LogP contribution in [0.4, 0.5) is 18.9 Å². The van der Waals surface area contributed by atoms with Gasteiger partial charge in [-0.05, 0) is 24.6 Å². The van der Waals surface area contributed by atoms with Gasteiger partial charge in [-0.15, -0.1) is 0 Å². The zero-order valence-corrected chi connectivity index (χ0v) is 9.62. The topological polar surface area (TPSA) is 29.1 Å². The SMILES string of the molecule is C=C(C)c1c(Cl)cccc1NC(=O)C(F)(F)F. The molecule has 0 aromatic heterocycles. The summed E-state index contributed by atoms with van der Waals surface area (Å²) in [6.07, 6.45) is -4.94. The first kappa shape index (κ1) is 13.6. The zero-order valence-electron chi connectivity index (χ0n) is 8.86. The van der Waals surface area contributed by atoms with Crippen molar-refractivity contribution in [3.05, 3.63) is 35.4 Å². The largest absolute Gasteiger partial charge is 0.471 e. The Kier molecular flexibility index (Phi) is 3.83. The molecule has 0 atom stereocenters. The molecule has 0 unspecified atom stereocenters. The van der Waals surface area contributed by atoms with Crippen molar-refractivity contribution in [2.24, 2.45) is 0 Å². The Morgan fingerprint density at radius 1 is 1.41 bits per heavy atom. The molecule has 1 N–H and O–H groups in total. The predicted molar refractivity (Wildman–Crippen MR) is 60.8 cm³/mol. The molecule has 1 amide bonds. The van der Waals surface area contributed by atoms with Gasteiger partial charge in [0.1, 0.15) is 0 Å². The maximum atomic E-state index is 12.1. The normalized spacial score (nSPS) is 11.1. The van der Waals surface area contributed by atoms with E-state index in [0.717, 1.165) is 0 Å². The van der Waals surface area contributed by atoms with E-state index in [2.05, 4.69) is 6.58 Å². The highest BCUT2D eigenvalue weighted by Crippen LogP contribution is 2.31. The molecule has 0 saturated heterocycles. The van der Waals surface area contributed by atoms with Gasteiger partial charge in [0.05, 0.1) is 10.7 Å². The maximum Gasteiger partial charge on any atom is 0.471 e. The van der Waals surface area contributed by atoms with Crippen LogP contribution in [-0.2, 0) is 4.79 Å². The van der Waals surface area contributed by atoms with Crippen molar-refractivity contribution in [2.45, 2.75) is 13.1 Å². The van der Waals surface area contributed by atoms with Crippen molar-refractivity contribution < 1.29 is 18.0 Å². The van der Waals surface area contributed by atoms with Gasteiger partial charge in [0.15, 0.2) is 0 Å². The highest BCUT2D eigenvalue weighted by molar-refractivity contribution is 6.33. The monoisotopic (exact) mass is 263 g/mol. The Labute approximate surface area is 101 Å². The first-order valence-corrected chi connectivity index (χ1v) is 4.94. The number of allylic oxidation sites excluding steroid dienone is 1. The molecule has 0 aliphatic carbocycles. The number of benzene rings is 1. The van der Waals surface area contributed by atoms with E-state index in [-0.39, 0.29) is 10.7 Å². The number of hydrogen-bond donors (Lipinski definition) is 1. The second kappa shape index (κ2) is 4.79. The minimum absolute atomic E-state index is 0.00711. The molecule has 1 aromatic rings. The summed E-state index contributed by atoms with van der Waals surface area (Å²) >= 11 is 5.83. The van der Waals surface area contributed by atoms with Gasteiger partial charge in [-0.1, -0.05) is 24.2 Å². The lowest BCUT2D eigenvalue weighted by molar-refractivity contribution is -0.167. The molecule has 1 aromatic carbocycles. The average Bonchev–Trinajstić information content (AvgIpc) is 2.15. The van der Waals surface area contributed by atoms with Gasteiger partial charge in [-0.3, -0.25) is 4.79 Å². The Balaban J connectivity index is 3.12. The molecule has 92 valence electrons. The number of nitrogens with one attached hydrogen (secondary N) is 1. The fourth-order valence-electron chi connectivity index (χ4n) is 1.26. The lowest BCUT2D eigenvalue weighted by atomic mass is 10.1. The molecule has 0 bridgehead atoms. The quantitative estimate of drug-likeness (QED) is 0.862. The first-order chi connectivity index (χ1) is 7.73. The van der Waals surface area contributed by atoms with Gasteiger partial charge in [-0.2, -0.15) is 13.2 Å². The minimum Gasteiger partial charge on any atom is -0.318 e. The van der Waals surface area contributed by atoms with E-state index < -0.39 is 12.1 Å². The Bertz CT molecular complexity index is 468. The van der Waals surface area contributed by atoms with Gasteiger partial charge in [-0.25, -0.2) is 0 Å². The van der Waals surface area contributed by atoms with Crippen LogP contribution in [0.3, 0.4) is 0 Å². The number of alkyl halides is 3. The van der Waals surface area contributed by atoms with Gasteiger partial charge in [0, 0.05) is 5.56 Å². The van der Waals surface area contributed by atoms with E-state index >= 15 is 0 Å². The number of anilines is 1. The van der Waals surface area contributed by atoms with Crippen LogP contribution in [-0.4, -0.2) is 12.1 Å². The van der Waals surface area contributed by atoms with E-state index in [1.54, 1.807) is 12.2 Å². The van der Waals surface area contributed by atoms with E-state index in [9.17, 15) is 18.0 Å². The fourth-order valence-corrected chi connectivity index (χ4v) is 1.59. The third kappa shape index (κ3) is 3.23. The Morgan fingerprint density at radius 2 is 2.00 bits per heavy atom. The second-order valence-corrected chi connectivity index (χ2v) is 3.80. The molecule has 0 radical (unpaired) electrons. The first-order valence-electron chi connectivity index (χ1n) is 4.56. The van der Waals surface area contributed by atoms with Crippen molar-refractivity contribution in [1.29, 1.82) is 0 Å². The number of hydrogen-bond acceptors (Lipinski definition) is 1. The second-order valence-electron chi connectivity index (χ2n) is 3.39. The zero-order chi connectivity index (χ0) is 13.2. The van der Waals surface area contributed by atoms with Crippen molar-refractivity contribution in [1.82, 2.24) is 0 Å². The van der Waals surface area contributed by atoms with Crippen LogP contribution >= 0.6 is 11.6 Å². The van der Waals surface area contributed by atoms with Crippen molar-refractivity contribution in [2.75, 3.05) is 5.32 Å². The van der Waals surface area contributed by atoms with E-state index in [4.69, 9.17) is 11.6 Å². The van der Waals surface area contributed by atoms with E-state index in [1.165, 1.54) is 18.2 Å². The van der Waals surface area contributed by atoms with E-state index in [1.807, 2.05) is 0 Å². The third-order valence-corrected chi connectivity index (χ3v) is 2.26. The summed E-state index contributed by atoms with van der Waals surface area (Å²) in [5.41, 5.74) is 0.757. The highest BCUT2D eigenvalue weighted by atomic mass is 35.5. The summed E-state index contributed by atoms with van der Waals surface area (Å²) in [6.45, 7) is 5.19. The molecular formula is C11H9ClF3NO. The summed E-state index contributed by atoms with van der Waals surface area (Å²) in [5.74, 6) is -2.04. The molecule has 1 rings (SSSR count). The molecule has 0 saturated carbocycles. The number of amides is 1. The molecule has 0 heterocycles. The highest BCUT2D eigenvalue weighted by Gasteiger charge is 2.39. The molecule has 6 heteroatoms. The van der Waals surface area contributed by atoms with Crippen molar-refractivity contribution in [3.8, 4) is 0 Å². The minimum atomic E-state index is -4.94. The van der Waals surface area contributed by atoms with Crippen LogP contribution in [0.1, 0.15) is 12.5 Å². The summed E-state index contributed by atoms with van der Waals surface area (Å²) < 4.78 is 36.3.